The van der Waals surface area contributed by atoms with Gasteiger partial charge in [0.2, 0.25) is 5.76 Å². The van der Waals surface area contributed by atoms with E-state index in [-0.39, 0.29) is 22.7 Å². The number of amides is 1. The molecule has 0 saturated carbocycles. The molecule has 5 rings (SSSR count). The molecule has 0 atom stereocenters. The van der Waals surface area contributed by atoms with Crippen LogP contribution in [0.1, 0.15) is 33.5 Å². The predicted octanol–water partition coefficient (Wildman–Crippen LogP) is 5.95. The number of benzene rings is 3. The van der Waals surface area contributed by atoms with Gasteiger partial charge in [-0.1, -0.05) is 42.5 Å². The standard InChI is InChI=1S/C29H22FN3O5/c1-2-36-24-16-18(13-14-22(24)38-29(35)23-12-7-15-37-23)17-31-33-28(34)27-25(19-8-4-3-5-9-19)20-10-6-11-21(30)26(20)32-27/h3-17,32H,2H2,1H3,(H,33,34). The lowest BCUT2D eigenvalue weighted by atomic mass is 10.0. The van der Waals surface area contributed by atoms with Gasteiger partial charge < -0.3 is 18.9 Å². The molecule has 2 heterocycles. The molecule has 3 aromatic carbocycles. The van der Waals surface area contributed by atoms with Crippen molar-refractivity contribution >= 4 is 29.0 Å². The number of H-pyrrole nitrogens is 1. The fraction of sp³-hybridized carbons (Fsp3) is 0.0690. The molecular weight excluding hydrogens is 489 g/mol. The zero-order valence-corrected chi connectivity index (χ0v) is 20.2. The Morgan fingerprint density at radius 3 is 2.63 bits per heavy atom. The van der Waals surface area contributed by atoms with Crippen LogP contribution in [-0.4, -0.2) is 29.7 Å². The first-order chi connectivity index (χ1) is 18.5. The summed E-state index contributed by atoms with van der Waals surface area (Å²) in [6.07, 6.45) is 2.80. The van der Waals surface area contributed by atoms with E-state index >= 15 is 0 Å². The highest BCUT2D eigenvalue weighted by Crippen LogP contribution is 2.33. The monoisotopic (exact) mass is 511 g/mol. The van der Waals surface area contributed by atoms with Crippen molar-refractivity contribution in [1.82, 2.24) is 10.4 Å². The molecular formula is C29H22FN3O5. The van der Waals surface area contributed by atoms with Crippen molar-refractivity contribution in [2.45, 2.75) is 6.92 Å². The van der Waals surface area contributed by atoms with Gasteiger partial charge in [0.15, 0.2) is 11.5 Å². The maximum Gasteiger partial charge on any atom is 0.379 e. The van der Waals surface area contributed by atoms with Gasteiger partial charge in [-0.05, 0) is 54.4 Å². The third-order valence-corrected chi connectivity index (χ3v) is 5.64. The summed E-state index contributed by atoms with van der Waals surface area (Å²) in [7, 11) is 0. The Kier molecular flexibility index (Phi) is 6.99. The number of hydrogen-bond donors (Lipinski definition) is 2. The van der Waals surface area contributed by atoms with Crippen molar-refractivity contribution in [3.05, 3.63) is 108 Å². The molecule has 9 heteroatoms. The average molecular weight is 512 g/mol. The number of rotatable bonds is 8. The average Bonchev–Trinajstić information content (AvgIpc) is 3.60. The molecule has 5 aromatic rings. The van der Waals surface area contributed by atoms with E-state index in [2.05, 4.69) is 15.5 Å². The van der Waals surface area contributed by atoms with Crippen LogP contribution >= 0.6 is 0 Å². The lowest BCUT2D eigenvalue weighted by Crippen LogP contribution is -2.19. The van der Waals surface area contributed by atoms with Crippen LogP contribution in [0.25, 0.3) is 22.0 Å². The first-order valence-corrected chi connectivity index (χ1v) is 11.8. The highest BCUT2D eigenvalue weighted by molar-refractivity contribution is 6.10. The van der Waals surface area contributed by atoms with Crippen molar-refractivity contribution in [2.24, 2.45) is 5.10 Å². The van der Waals surface area contributed by atoms with Gasteiger partial charge >= 0.3 is 5.97 Å². The highest BCUT2D eigenvalue weighted by Gasteiger charge is 2.21. The number of esters is 1. The van der Waals surface area contributed by atoms with Crippen molar-refractivity contribution in [2.75, 3.05) is 6.61 Å². The van der Waals surface area contributed by atoms with Gasteiger partial charge in [-0.15, -0.1) is 0 Å². The van der Waals surface area contributed by atoms with Crippen molar-refractivity contribution in [1.29, 1.82) is 0 Å². The number of fused-ring (bicyclic) bond motifs is 1. The number of ether oxygens (including phenoxy) is 2. The van der Waals surface area contributed by atoms with Gasteiger partial charge in [-0.25, -0.2) is 14.6 Å². The summed E-state index contributed by atoms with van der Waals surface area (Å²) < 4.78 is 30.5. The van der Waals surface area contributed by atoms with Gasteiger partial charge in [0.1, 0.15) is 11.5 Å². The zero-order chi connectivity index (χ0) is 26.5. The van der Waals surface area contributed by atoms with Gasteiger partial charge in [0.05, 0.1) is 24.6 Å². The molecule has 0 aliphatic carbocycles. The summed E-state index contributed by atoms with van der Waals surface area (Å²) in [5, 5.41) is 4.65. The minimum Gasteiger partial charge on any atom is -0.490 e. The highest BCUT2D eigenvalue weighted by atomic mass is 19.1. The third kappa shape index (κ3) is 5.03. The molecule has 0 saturated heterocycles. The Labute approximate surface area is 216 Å². The molecule has 0 bridgehead atoms. The van der Waals surface area contributed by atoms with Crippen LogP contribution < -0.4 is 14.9 Å². The quantitative estimate of drug-likeness (QED) is 0.116. The van der Waals surface area contributed by atoms with Crippen LogP contribution in [0.4, 0.5) is 4.39 Å². The Morgan fingerprint density at radius 1 is 1.03 bits per heavy atom. The second kappa shape index (κ2) is 10.8. The van der Waals surface area contributed by atoms with Gasteiger partial charge in [-0.2, -0.15) is 5.10 Å². The molecule has 38 heavy (non-hydrogen) atoms. The van der Waals surface area contributed by atoms with E-state index in [0.29, 0.717) is 28.9 Å². The topological polar surface area (TPSA) is 106 Å². The van der Waals surface area contributed by atoms with Crippen molar-refractivity contribution < 1.29 is 27.9 Å². The van der Waals surface area contributed by atoms with E-state index in [1.54, 1.807) is 43.3 Å². The van der Waals surface area contributed by atoms with E-state index in [1.807, 2.05) is 30.3 Å². The zero-order valence-electron chi connectivity index (χ0n) is 20.2. The Hall–Kier alpha value is -5.18. The maximum atomic E-state index is 14.5. The lowest BCUT2D eigenvalue weighted by Gasteiger charge is -2.10. The second-order valence-corrected chi connectivity index (χ2v) is 8.11. The number of nitrogens with zero attached hydrogens (tertiary/aromatic N) is 1. The second-order valence-electron chi connectivity index (χ2n) is 8.11. The summed E-state index contributed by atoms with van der Waals surface area (Å²) in [4.78, 5) is 28.2. The number of carbonyl (C=O) groups is 2. The molecule has 1 amide bonds. The number of aromatic nitrogens is 1. The van der Waals surface area contributed by atoms with Crippen LogP contribution in [0.2, 0.25) is 0 Å². The molecule has 0 spiro atoms. The molecule has 0 unspecified atom stereocenters. The number of hydrogen-bond acceptors (Lipinski definition) is 6. The van der Waals surface area contributed by atoms with Crippen LogP contribution in [0.3, 0.4) is 0 Å². The van der Waals surface area contributed by atoms with Gasteiger partial charge in [-0.3, -0.25) is 4.79 Å². The summed E-state index contributed by atoms with van der Waals surface area (Å²) in [5.74, 6) is -1.06. The largest absolute Gasteiger partial charge is 0.490 e. The van der Waals surface area contributed by atoms with E-state index in [9.17, 15) is 14.0 Å². The molecule has 0 fully saturated rings. The number of nitrogens with one attached hydrogen (secondary N) is 2. The maximum absolute atomic E-state index is 14.5. The minimum atomic E-state index is -0.659. The number of para-hydroxylation sites is 1. The summed E-state index contributed by atoms with van der Waals surface area (Å²) in [6.45, 7) is 2.13. The molecule has 8 nitrogen and oxygen atoms in total. The smallest absolute Gasteiger partial charge is 0.379 e. The van der Waals surface area contributed by atoms with E-state index < -0.39 is 17.7 Å². The normalized spacial score (nSPS) is 11.1. The SMILES string of the molecule is CCOc1cc(C=NNC(=O)c2[nH]c3c(F)cccc3c2-c2ccccc2)ccc1OC(=O)c1ccco1. The number of furan rings is 1. The Balaban J connectivity index is 1.37. The Bertz CT molecular complexity index is 1630. The lowest BCUT2D eigenvalue weighted by molar-refractivity contribution is 0.0695. The fourth-order valence-corrected chi connectivity index (χ4v) is 3.98. The first-order valence-electron chi connectivity index (χ1n) is 11.8. The minimum absolute atomic E-state index is 0.0625. The summed E-state index contributed by atoms with van der Waals surface area (Å²) >= 11 is 0. The first kappa shape index (κ1) is 24.5. The van der Waals surface area contributed by atoms with Crippen molar-refractivity contribution in [3.8, 4) is 22.6 Å². The summed E-state index contributed by atoms with van der Waals surface area (Å²) in [5.41, 5.74) is 4.84. The summed E-state index contributed by atoms with van der Waals surface area (Å²) in [6, 6.07) is 21.9. The van der Waals surface area contributed by atoms with Crippen LogP contribution in [0.15, 0.2) is 94.6 Å². The van der Waals surface area contributed by atoms with Crippen molar-refractivity contribution in [3.63, 3.8) is 0 Å². The Morgan fingerprint density at radius 2 is 1.87 bits per heavy atom. The molecule has 0 aliphatic heterocycles. The predicted molar refractivity (Wildman–Crippen MR) is 140 cm³/mol. The number of carbonyl (C=O) groups excluding carboxylic acids is 2. The molecule has 2 N–H and O–H groups in total. The third-order valence-electron chi connectivity index (χ3n) is 5.64. The van der Waals surface area contributed by atoms with E-state index in [4.69, 9.17) is 13.9 Å². The van der Waals surface area contributed by atoms with Gasteiger partial charge in [0.25, 0.3) is 5.91 Å². The number of halogens is 1. The van der Waals surface area contributed by atoms with E-state index in [0.717, 1.165) is 5.56 Å². The van der Waals surface area contributed by atoms with Gasteiger partial charge in [0, 0.05) is 10.9 Å². The molecule has 0 aliphatic rings. The van der Waals surface area contributed by atoms with Crippen LogP contribution in [0.5, 0.6) is 11.5 Å². The fourth-order valence-electron chi connectivity index (χ4n) is 3.98. The number of aromatic amines is 1. The molecule has 2 aromatic heterocycles. The van der Waals surface area contributed by atoms with E-state index in [1.165, 1.54) is 24.6 Å². The van der Waals surface area contributed by atoms with Crippen LogP contribution in [0, 0.1) is 5.82 Å². The molecule has 0 radical (unpaired) electrons. The number of hydrazone groups is 1. The molecule has 190 valence electrons. The van der Waals surface area contributed by atoms with Crippen LogP contribution in [-0.2, 0) is 0 Å².